The molecule has 1 aliphatic carbocycles. The average Bonchev–Trinajstić information content (AvgIpc) is 2.66. The van der Waals surface area contributed by atoms with E-state index in [0.717, 1.165) is 6.54 Å². The zero-order valence-corrected chi connectivity index (χ0v) is 6.48. The van der Waals surface area contributed by atoms with Crippen LogP contribution in [0.3, 0.4) is 0 Å². The molecular formula is C7H15NO. The van der Waals surface area contributed by atoms with Gasteiger partial charge in [-0.1, -0.05) is 6.92 Å². The van der Waals surface area contributed by atoms with E-state index in [9.17, 15) is 0 Å². The van der Waals surface area contributed by atoms with Crippen molar-refractivity contribution < 1.29 is 4.74 Å². The summed E-state index contributed by atoms with van der Waals surface area (Å²) in [5.74, 6) is 0. The molecule has 0 heterocycles. The van der Waals surface area contributed by atoms with Gasteiger partial charge in [-0.3, -0.25) is 4.90 Å². The van der Waals surface area contributed by atoms with Crippen LogP contribution in [0.4, 0.5) is 0 Å². The van der Waals surface area contributed by atoms with Crippen molar-refractivity contribution in [3.63, 3.8) is 0 Å². The summed E-state index contributed by atoms with van der Waals surface area (Å²) in [4.78, 5) is 2.26. The van der Waals surface area contributed by atoms with E-state index in [1.165, 1.54) is 12.8 Å². The second-order valence-electron chi connectivity index (χ2n) is 2.66. The van der Waals surface area contributed by atoms with Crippen LogP contribution in [0.5, 0.6) is 0 Å². The summed E-state index contributed by atoms with van der Waals surface area (Å²) >= 11 is 0. The van der Waals surface area contributed by atoms with Crippen LogP contribution in [-0.4, -0.2) is 31.3 Å². The molecule has 0 aromatic carbocycles. The number of hydrogen-bond donors (Lipinski definition) is 0. The van der Waals surface area contributed by atoms with Gasteiger partial charge in [0, 0.05) is 7.11 Å². The quantitative estimate of drug-likeness (QED) is 0.529. The topological polar surface area (TPSA) is 12.5 Å². The number of rotatable bonds is 3. The summed E-state index contributed by atoms with van der Waals surface area (Å²) < 4.78 is 5.33. The molecular weight excluding hydrogens is 114 g/mol. The highest BCUT2D eigenvalue weighted by atomic mass is 16.5. The lowest BCUT2D eigenvalue weighted by Crippen LogP contribution is -2.34. The Balaban J connectivity index is 2.39. The first-order valence-corrected chi connectivity index (χ1v) is 3.51. The molecule has 0 saturated heterocycles. The minimum absolute atomic E-state index is 0.134. The minimum Gasteiger partial charge on any atom is -0.364 e. The second-order valence-corrected chi connectivity index (χ2v) is 2.66. The molecule has 0 N–H and O–H groups in total. The number of nitrogens with zero attached hydrogens (tertiary/aromatic N) is 1. The van der Waals surface area contributed by atoms with Gasteiger partial charge >= 0.3 is 0 Å². The Kier molecular flexibility index (Phi) is 1.78. The van der Waals surface area contributed by atoms with Crippen LogP contribution in [-0.2, 0) is 4.74 Å². The van der Waals surface area contributed by atoms with Gasteiger partial charge in [0.05, 0.1) is 0 Å². The Morgan fingerprint density at radius 3 is 2.22 bits per heavy atom. The van der Waals surface area contributed by atoms with Crippen molar-refractivity contribution in [1.29, 1.82) is 0 Å². The summed E-state index contributed by atoms with van der Waals surface area (Å²) in [7, 11) is 3.90. The number of methoxy groups -OCH3 is 1. The molecule has 0 radical (unpaired) electrons. The van der Waals surface area contributed by atoms with Crippen LogP contribution < -0.4 is 0 Å². The van der Waals surface area contributed by atoms with Crippen molar-refractivity contribution in [3.05, 3.63) is 0 Å². The van der Waals surface area contributed by atoms with E-state index in [-0.39, 0.29) is 5.72 Å². The van der Waals surface area contributed by atoms with Crippen LogP contribution in [0.1, 0.15) is 19.8 Å². The lowest BCUT2D eigenvalue weighted by atomic mass is 10.5. The summed E-state index contributed by atoms with van der Waals surface area (Å²) in [5, 5.41) is 0. The molecule has 1 aliphatic rings. The molecule has 0 spiro atoms. The minimum atomic E-state index is 0.134. The first-order chi connectivity index (χ1) is 4.25. The normalized spacial score (nSPS) is 22.7. The molecule has 0 aromatic rings. The van der Waals surface area contributed by atoms with Crippen LogP contribution in [0.25, 0.3) is 0 Å². The lowest BCUT2D eigenvalue weighted by Gasteiger charge is -2.24. The highest BCUT2D eigenvalue weighted by Gasteiger charge is 2.46. The van der Waals surface area contributed by atoms with E-state index >= 15 is 0 Å². The molecule has 1 rings (SSSR count). The third kappa shape index (κ3) is 1.10. The molecule has 1 saturated carbocycles. The number of hydrogen-bond acceptors (Lipinski definition) is 2. The van der Waals surface area contributed by atoms with E-state index in [1.807, 2.05) is 0 Å². The predicted octanol–water partition coefficient (Wildman–Crippen LogP) is 1.07. The SMILES string of the molecule is CCN(C)C1(OC)CC1. The zero-order chi connectivity index (χ0) is 6.91. The van der Waals surface area contributed by atoms with Gasteiger partial charge < -0.3 is 4.74 Å². The fourth-order valence-electron chi connectivity index (χ4n) is 1.14. The largest absolute Gasteiger partial charge is 0.364 e. The van der Waals surface area contributed by atoms with E-state index in [2.05, 4.69) is 18.9 Å². The fraction of sp³-hybridized carbons (Fsp3) is 1.00. The van der Waals surface area contributed by atoms with Gasteiger partial charge in [0.25, 0.3) is 0 Å². The molecule has 9 heavy (non-hydrogen) atoms. The second kappa shape index (κ2) is 2.27. The van der Waals surface area contributed by atoms with Crippen molar-refractivity contribution in [3.8, 4) is 0 Å². The first-order valence-electron chi connectivity index (χ1n) is 3.51. The van der Waals surface area contributed by atoms with Gasteiger partial charge in [0.1, 0.15) is 5.72 Å². The monoisotopic (exact) mass is 129 g/mol. The third-order valence-electron chi connectivity index (χ3n) is 2.23. The molecule has 54 valence electrons. The Hall–Kier alpha value is -0.0800. The Labute approximate surface area is 56.8 Å². The van der Waals surface area contributed by atoms with Crippen molar-refractivity contribution in [2.75, 3.05) is 20.7 Å². The van der Waals surface area contributed by atoms with Gasteiger partial charge in [0.15, 0.2) is 0 Å². The third-order valence-corrected chi connectivity index (χ3v) is 2.23. The van der Waals surface area contributed by atoms with Crippen molar-refractivity contribution in [2.45, 2.75) is 25.5 Å². The maximum absolute atomic E-state index is 5.33. The van der Waals surface area contributed by atoms with Crippen LogP contribution in [0.2, 0.25) is 0 Å². The summed E-state index contributed by atoms with van der Waals surface area (Å²) in [6, 6.07) is 0. The van der Waals surface area contributed by atoms with Gasteiger partial charge in [-0.2, -0.15) is 0 Å². The maximum atomic E-state index is 5.33. The molecule has 0 aliphatic heterocycles. The first kappa shape index (κ1) is 7.03. The van der Waals surface area contributed by atoms with Crippen LogP contribution in [0.15, 0.2) is 0 Å². The zero-order valence-electron chi connectivity index (χ0n) is 6.48. The highest BCUT2D eigenvalue weighted by Crippen LogP contribution is 2.40. The molecule has 0 bridgehead atoms. The van der Waals surface area contributed by atoms with Crippen molar-refractivity contribution in [2.24, 2.45) is 0 Å². The van der Waals surface area contributed by atoms with Gasteiger partial charge in [-0.15, -0.1) is 0 Å². The molecule has 0 aromatic heterocycles. The molecule has 2 heteroatoms. The number of ether oxygens (including phenoxy) is 1. The predicted molar refractivity (Wildman–Crippen MR) is 37.3 cm³/mol. The van der Waals surface area contributed by atoms with Crippen LogP contribution in [0, 0.1) is 0 Å². The van der Waals surface area contributed by atoms with E-state index in [0.29, 0.717) is 0 Å². The van der Waals surface area contributed by atoms with E-state index < -0.39 is 0 Å². The molecule has 1 fully saturated rings. The van der Waals surface area contributed by atoms with Crippen LogP contribution >= 0.6 is 0 Å². The van der Waals surface area contributed by atoms with Gasteiger partial charge in [-0.05, 0) is 26.4 Å². The Morgan fingerprint density at radius 2 is 2.11 bits per heavy atom. The van der Waals surface area contributed by atoms with Gasteiger partial charge in [-0.25, -0.2) is 0 Å². The van der Waals surface area contributed by atoms with Crippen molar-refractivity contribution >= 4 is 0 Å². The standard InChI is InChI=1S/C7H15NO/c1-4-8(2)7(9-3)5-6-7/h4-6H2,1-3H3. The van der Waals surface area contributed by atoms with E-state index in [4.69, 9.17) is 4.74 Å². The smallest absolute Gasteiger partial charge is 0.121 e. The van der Waals surface area contributed by atoms with Crippen molar-refractivity contribution in [1.82, 2.24) is 4.90 Å². The Bertz CT molecular complexity index is 99.1. The Morgan fingerprint density at radius 1 is 1.56 bits per heavy atom. The lowest BCUT2D eigenvalue weighted by molar-refractivity contribution is -0.0396. The van der Waals surface area contributed by atoms with E-state index in [1.54, 1.807) is 7.11 Å². The summed E-state index contributed by atoms with van der Waals surface area (Å²) in [6.45, 7) is 3.23. The average molecular weight is 129 g/mol. The summed E-state index contributed by atoms with van der Waals surface area (Å²) in [6.07, 6.45) is 2.40. The highest BCUT2D eigenvalue weighted by molar-refractivity contribution is 4.93. The maximum Gasteiger partial charge on any atom is 0.121 e. The summed E-state index contributed by atoms with van der Waals surface area (Å²) in [5.41, 5.74) is 0.134. The molecule has 0 unspecified atom stereocenters. The van der Waals surface area contributed by atoms with Gasteiger partial charge in [0.2, 0.25) is 0 Å². The molecule has 0 amide bonds. The molecule has 0 atom stereocenters. The fourth-order valence-corrected chi connectivity index (χ4v) is 1.14. The molecule has 2 nitrogen and oxygen atoms in total.